The molecule has 4 nitrogen and oxygen atoms in total. The van der Waals surface area contributed by atoms with Gasteiger partial charge in [-0.05, 0) is 24.6 Å². The van der Waals surface area contributed by atoms with Gasteiger partial charge in [0.15, 0.2) is 0 Å². The fourth-order valence-corrected chi connectivity index (χ4v) is 1.26. The van der Waals surface area contributed by atoms with Gasteiger partial charge in [0, 0.05) is 12.2 Å². The zero-order valence-corrected chi connectivity index (χ0v) is 9.23. The van der Waals surface area contributed by atoms with Gasteiger partial charge < -0.3 is 11.1 Å². The summed E-state index contributed by atoms with van der Waals surface area (Å²) in [5.74, 6) is -0.252. The van der Waals surface area contributed by atoms with Gasteiger partial charge in [-0.2, -0.15) is 5.26 Å². The van der Waals surface area contributed by atoms with Crippen molar-refractivity contribution in [2.75, 3.05) is 12.3 Å². The monoisotopic (exact) mass is 217 g/mol. The highest BCUT2D eigenvalue weighted by atomic mass is 16.1. The van der Waals surface area contributed by atoms with E-state index in [1.807, 2.05) is 12.1 Å². The molecule has 1 aromatic carbocycles. The number of benzene rings is 1. The van der Waals surface area contributed by atoms with Crippen LogP contribution >= 0.6 is 0 Å². The molecule has 0 aromatic heterocycles. The van der Waals surface area contributed by atoms with E-state index in [2.05, 4.69) is 11.4 Å². The lowest BCUT2D eigenvalue weighted by molar-refractivity contribution is -0.120. The Hall–Kier alpha value is -2.02. The molecule has 0 spiro atoms. The lowest BCUT2D eigenvalue weighted by atomic mass is 10.1. The third-order valence-corrected chi connectivity index (χ3v) is 2.14. The first-order valence-corrected chi connectivity index (χ1v) is 5.12. The summed E-state index contributed by atoms with van der Waals surface area (Å²) >= 11 is 0. The molecular weight excluding hydrogens is 202 g/mol. The summed E-state index contributed by atoms with van der Waals surface area (Å²) in [6.07, 6.45) is 0.295. The summed E-state index contributed by atoms with van der Waals surface area (Å²) in [4.78, 5) is 11.5. The minimum Gasteiger partial charge on any atom is -0.399 e. The molecule has 0 saturated heterocycles. The number of nitrogen functional groups attached to an aromatic ring is 1. The van der Waals surface area contributed by atoms with Gasteiger partial charge in [-0.1, -0.05) is 12.1 Å². The van der Waals surface area contributed by atoms with Crippen molar-refractivity contribution in [2.24, 2.45) is 5.92 Å². The Balaban J connectivity index is 2.43. The largest absolute Gasteiger partial charge is 0.399 e. The van der Waals surface area contributed by atoms with Crippen molar-refractivity contribution in [3.8, 4) is 6.07 Å². The van der Waals surface area contributed by atoms with Gasteiger partial charge in [0.25, 0.3) is 0 Å². The average Bonchev–Trinajstić information content (AvgIpc) is 2.26. The normalized spacial score (nSPS) is 11.5. The number of rotatable bonds is 4. The maximum Gasteiger partial charge on any atom is 0.224 e. The summed E-state index contributed by atoms with van der Waals surface area (Å²) < 4.78 is 0. The lowest BCUT2D eigenvalue weighted by Crippen LogP contribution is -2.29. The van der Waals surface area contributed by atoms with Crippen LogP contribution in [-0.4, -0.2) is 12.5 Å². The van der Waals surface area contributed by atoms with E-state index in [-0.39, 0.29) is 11.8 Å². The molecule has 0 radical (unpaired) electrons. The highest BCUT2D eigenvalue weighted by Crippen LogP contribution is 2.06. The SMILES string of the molecule is CC(C#N)CNC(=O)Cc1cccc(N)c1. The van der Waals surface area contributed by atoms with Crippen LogP contribution in [0.5, 0.6) is 0 Å². The fourth-order valence-electron chi connectivity index (χ4n) is 1.26. The van der Waals surface area contributed by atoms with E-state index in [1.165, 1.54) is 0 Å². The number of hydrogen-bond donors (Lipinski definition) is 2. The smallest absolute Gasteiger partial charge is 0.224 e. The van der Waals surface area contributed by atoms with Crippen LogP contribution in [0.2, 0.25) is 0 Å². The van der Waals surface area contributed by atoms with Crippen LogP contribution in [0.15, 0.2) is 24.3 Å². The third kappa shape index (κ3) is 4.01. The van der Waals surface area contributed by atoms with Crippen LogP contribution in [0.25, 0.3) is 0 Å². The molecule has 1 rings (SSSR count). The van der Waals surface area contributed by atoms with Crippen molar-refractivity contribution in [3.05, 3.63) is 29.8 Å². The molecule has 0 heterocycles. The molecule has 0 fully saturated rings. The number of carbonyl (C=O) groups excluding carboxylic acids is 1. The van der Waals surface area contributed by atoms with E-state index in [1.54, 1.807) is 19.1 Å². The zero-order valence-electron chi connectivity index (χ0n) is 9.23. The standard InChI is InChI=1S/C12H15N3O/c1-9(7-13)8-15-12(16)6-10-3-2-4-11(14)5-10/h2-5,9H,6,8,14H2,1H3,(H,15,16). The van der Waals surface area contributed by atoms with E-state index in [4.69, 9.17) is 11.0 Å². The first kappa shape index (κ1) is 12.1. The molecule has 1 aromatic rings. The molecule has 0 bridgehead atoms. The van der Waals surface area contributed by atoms with Crippen molar-refractivity contribution < 1.29 is 4.79 Å². The number of carbonyl (C=O) groups is 1. The third-order valence-electron chi connectivity index (χ3n) is 2.14. The van der Waals surface area contributed by atoms with E-state index in [0.29, 0.717) is 18.7 Å². The Labute approximate surface area is 95.1 Å². The Bertz CT molecular complexity index is 409. The average molecular weight is 217 g/mol. The summed E-state index contributed by atoms with van der Waals surface area (Å²) in [6.45, 7) is 2.15. The van der Waals surface area contributed by atoms with E-state index >= 15 is 0 Å². The molecular formula is C12H15N3O. The Morgan fingerprint density at radius 2 is 2.38 bits per heavy atom. The molecule has 4 heteroatoms. The van der Waals surface area contributed by atoms with Crippen LogP contribution in [-0.2, 0) is 11.2 Å². The van der Waals surface area contributed by atoms with E-state index < -0.39 is 0 Å². The van der Waals surface area contributed by atoms with Gasteiger partial charge in [-0.25, -0.2) is 0 Å². The first-order valence-electron chi connectivity index (χ1n) is 5.12. The van der Waals surface area contributed by atoms with Gasteiger partial charge in [0.2, 0.25) is 5.91 Å². The number of hydrogen-bond acceptors (Lipinski definition) is 3. The quantitative estimate of drug-likeness (QED) is 0.741. The lowest BCUT2D eigenvalue weighted by Gasteiger charge is -2.06. The second-order valence-electron chi connectivity index (χ2n) is 3.76. The van der Waals surface area contributed by atoms with Crippen LogP contribution < -0.4 is 11.1 Å². The van der Waals surface area contributed by atoms with Crippen molar-refractivity contribution in [1.82, 2.24) is 5.32 Å². The molecule has 1 atom stereocenters. The zero-order chi connectivity index (χ0) is 12.0. The van der Waals surface area contributed by atoms with Crippen LogP contribution in [0.3, 0.4) is 0 Å². The predicted octanol–water partition coefficient (Wildman–Crippen LogP) is 1.09. The molecule has 3 N–H and O–H groups in total. The summed E-state index contributed by atoms with van der Waals surface area (Å²) in [7, 11) is 0. The molecule has 0 aliphatic heterocycles. The minimum atomic E-state index is -0.162. The Morgan fingerprint density at radius 1 is 1.62 bits per heavy atom. The summed E-state index contributed by atoms with van der Waals surface area (Å²) in [6, 6.07) is 9.27. The minimum absolute atomic E-state index is 0.0901. The Morgan fingerprint density at radius 3 is 3.00 bits per heavy atom. The van der Waals surface area contributed by atoms with Gasteiger partial charge in [0.05, 0.1) is 18.4 Å². The van der Waals surface area contributed by atoms with Gasteiger partial charge in [-0.15, -0.1) is 0 Å². The maximum absolute atomic E-state index is 11.5. The highest BCUT2D eigenvalue weighted by Gasteiger charge is 2.05. The molecule has 1 amide bonds. The molecule has 84 valence electrons. The fraction of sp³-hybridized carbons (Fsp3) is 0.333. The molecule has 0 aliphatic rings. The second kappa shape index (κ2) is 5.76. The summed E-state index contributed by atoms with van der Waals surface area (Å²) in [5.41, 5.74) is 7.13. The number of nitrogens with two attached hydrogens (primary N) is 1. The second-order valence-corrected chi connectivity index (χ2v) is 3.76. The number of anilines is 1. The van der Waals surface area contributed by atoms with Crippen molar-refractivity contribution in [2.45, 2.75) is 13.3 Å². The number of amides is 1. The van der Waals surface area contributed by atoms with Gasteiger partial charge >= 0.3 is 0 Å². The van der Waals surface area contributed by atoms with Crippen molar-refractivity contribution in [1.29, 1.82) is 5.26 Å². The number of nitrogens with one attached hydrogen (secondary N) is 1. The van der Waals surface area contributed by atoms with Crippen LogP contribution in [0.1, 0.15) is 12.5 Å². The van der Waals surface area contributed by atoms with Crippen LogP contribution in [0.4, 0.5) is 5.69 Å². The van der Waals surface area contributed by atoms with Gasteiger partial charge in [-0.3, -0.25) is 4.79 Å². The van der Waals surface area contributed by atoms with E-state index in [9.17, 15) is 4.79 Å². The summed E-state index contributed by atoms with van der Waals surface area (Å²) in [5, 5.41) is 11.3. The molecule has 0 aliphatic carbocycles. The first-order chi connectivity index (χ1) is 7.61. The highest BCUT2D eigenvalue weighted by molar-refractivity contribution is 5.78. The van der Waals surface area contributed by atoms with E-state index in [0.717, 1.165) is 5.56 Å². The molecule has 1 unspecified atom stereocenters. The molecule has 0 saturated carbocycles. The predicted molar refractivity (Wildman–Crippen MR) is 62.3 cm³/mol. The topological polar surface area (TPSA) is 78.9 Å². The number of nitrogens with zero attached hydrogens (tertiary/aromatic N) is 1. The van der Waals surface area contributed by atoms with Crippen LogP contribution in [0, 0.1) is 17.2 Å². The maximum atomic E-state index is 11.5. The van der Waals surface area contributed by atoms with Crippen molar-refractivity contribution in [3.63, 3.8) is 0 Å². The van der Waals surface area contributed by atoms with Crippen molar-refractivity contribution >= 4 is 11.6 Å². The number of nitriles is 1. The van der Waals surface area contributed by atoms with Gasteiger partial charge in [0.1, 0.15) is 0 Å². The Kier molecular flexibility index (Phi) is 4.34. The molecule has 16 heavy (non-hydrogen) atoms.